The first-order chi connectivity index (χ1) is 3.68. The molecule has 0 heterocycles. The van der Waals surface area contributed by atoms with Gasteiger partial charge in [-0.15, -0.1) is 0 Å². The molecule has 1 unspecified atom stereocenters. The number of hydrogen-bond donors (Lipinski definition) is 0. The molecule has 0 fully saturated rings. The Hall–Kier alpha value is 0.480. The average Bonchev–Trinajstić information content (AvgIpc) is 1.67. The number of halogens is 1. The van der Waals surface area contributed by atoms with E-state index in [1.54, 1.807) is 0 Å². The van der Waals surface area contributed by atoms with Gasteiger partial charge in [0.05, 0.1) is 0 Å². The van der Waals surface area contributed by atoms with E-state index in [0.29, 0.717) is 0 Å². The van der Waals surface area contributed by atoms with Gasteiger partial charge in [0.25, 0.3) is 0 Å². The summed E-state index contributed by atoms with van der Waals surface area (Å²) in [5, 5.41) is 0. The summed E-state index contributed by atoms with van der Waals surface area (Å²) in [6.45, 7) is 1.34. The molecule has 0 rings (SSSR count). The van der Waals surface area contributed by atoms with Crippen LogP contribution in [0.15, 0.2) is 0 Å². The maximum absolute atomic E-state index is 6.91. The van der Waals surface area contributed by atoms with E-state index in [1.165, 1.54) is 0 Å². The summed E-state index contributed by atoms with van der Waals surface area (Å²) >= 11 is 3.23. The van der Waals surface area contributed by atoms with E-state index in [4.69, 9.17) is 2.74 Å². The molecule has 0 N–H and O–H groups in total. The predicted molar refractivity (Wildman–Crippen MR) is 33.3 cm³/mol. The van der Waals surface area contributed by atoms with Gasteiger partial charge in [-0.2, -0.15) is 0 Å². The third-order valence-corrected chi connectivity index (χ3v) is 1.02. The Balaban J connectivity index is 3.17. The summed E-state index contributed by atoms with van der Waals surface area (Å²) in [5.41, 5.74) is 0. The summed E-state index contributed by atoms with van der Waals surface area (Å²) in [7, 11) is 0. The molecule has 1 atom stereocenters. The van der Waals surface area contributed by atoms with Crippen LogP contribution in [0.2, 0.25) is 0 Å². The minimum atomic E-state index is -0.713. The first kappa shape index (κ1) is 3.48. The molecule has 0 aromatic heterocycles. The zero-order valence-electron chi connectivity index (χ0n) is 5.95. The third kappa shape index (κ3) is 4.48. The predicted octanol–water partition coefficient (Wildman–Crippen LogP) is 2.57. The van der Waals surface area contributed by atoms with Crippen LogP contribution in [0, 0.1) is 0 Å². The molecule has 0 aliphatic heterocycles. The molecule has 0 radical (unpaired) electrons. The number of alkyl halides is 1. The highest BCUT2D eigenvalue weighted by molar-refractivity contribution is 9.09. The Morgan fingerprint density at radius 1 is 2.00 bits per heavy atom. The molecule has 0 saturated carbocycles. The molecule has 1 heteroatoms. The van der Waals surface area contributed by atoms with Crippen molar-refractivity contribution in [3.05, 3.63) is 0 Å². The SMILES string of the molecule is [2H]C([2H])C(Br)CCC. The van der Waals surface area contributed by atoms with Crippen molar-refractivity contribution >= 4 is 15.9 Å². The van der Waals surface area contributed by atoms with Crippen LogP contribution >= 0.6 is 15.9 Å². The fraction of sp³-hybridized carbons (Fsp3) is 1.00. The first-order valence-corrected chi connectivity index (χ1v) is 3.08. The van der Waals surface area contributed by atoms with Crippen molar-refractivity contribution in [2.45, 2.75) is 31.5 Å². The van der Waals surface area contributed by atoms with Crippen molar-refractivity contribution in [1.29, 1.82) is 0 Å². The summed E-state index contributed by atoms with van der Waals surface area (Å²) in [6.07, 6.45) is 1.97. The van der Waals surface area contributed by atoms with Crippen molar-refractivity contribution < 1.29 is 2.74 Å². The molecule has 38 valence electrons. The summed E-state index contributed by atoms with van der Waals surface area (Å²) in [6, 6.07) is 0. The molecular weight excluding hydrogens is 140 g/mol. The van der Waals surface area contributed by atoms with Crippen LogP contribution in [0.5, 0.6) is 0 Å². The smallest absolute Gasteiger partial charge is 0.0242 e. The van der Waals surface area contributed by atoms with Gasteiger partial charge in [-0.25, -0.2) is 0 Å². The highest BCUT2D eigenvalue weighted by Gasteiger charge is 1.87. The fourth-order valence-electron chi connectivity index (χ4n) is 0.276. The Morgan fingerprint density at radius 2 is 2.67 bits per heavy atom. The monoisotopic (exact) mass is 152 g/mol. The van der Waals surface area contributed by atoms with Gasteiger partial charge in [-0.1, -0.05) is 36.2 Å². The molecule has 6 heavy (non-hydrogen) atoms. The Morgan fingerprint density at radius 3 is 2.83 bits per heavy atom. The van der Waals surface area contributed by atoms with Gasteiger partial charge in [-0.05, 0) is 6.42 Å². The van der Waals surface area contributed by atoms with Crippen molar-refractivity contribution in [2.24, 2.45) is 0 Å². The van der Waals surface area contributed by atoms with Crippen LogP contribution < -0.4 is 0 Å². The van der Waals surface area contributed by atoms with Crippen LogP contribution in [0.25, 0.3) is 0 Å². The van der Waals surface area contributed by atoms with E-state index >= 15 is 0 Å². The summed E-state index contributed by atoms with van der Waals surface area (Å²) in [5.74, 6) is 0. The first-order valence-electron chi connectivity index (χ1n) is 3.32. The topological polar surface area (TPSA) is 0 Å². The molecule has 0 amide bonds. The molecule has 0 aromatic rings. The maximum atomic E-state index is 6.91. The second kappa shape index (κ2) is 3.66. The lowest BCUT2D eigenvalue weighted by molar-refractivity contribution is 0.797. The zero-order chi connectivity index (χ0) is 6.57. The molecule has 0 aromatic carbocycles. The van der Waals surface area contributed by atoms with Crippen molar-refractivity contribution in [3.63, 3.8) is 0 Å². The highest BCUT2D eigenvalue weighted by Crippen LogP contribution is 2.04. The minimum Gasteiger partial charge on any atom is -0.0894 e. The van der Waals surface area contributed by atoms with Crippen LogP contribution in [0.3, 0.4) is 0 Å². The van der Waals surface area contributed by atoms with Crippen molar-refractivity contribution in [1.82, 2.24) is 0 Å². The second-order valence-corrected chi connectivity index (χ2v) is 2.48. The summed E-state index contributed by atoms with van der Waals surface area (Å²) in [4.78, 5) is 0.0625. The van der Waals surface area contributed by atoms with Crippen molar-refractivity contribution in [2.75, 3.05) is 0 Å². The lowest BCUT2D eigenvalue weighted by atomic mass is 10.3. The van der Waals surface area contributed by atoms with Crippen LogP contribution in [0.1, 0.15) is 29.4 Å². The molecule has 0 spiro atoms. The van der Waals surface area contributed by atoms with Gasteiger partial charge < -0.3 is 0 Å². The van der Waals surface area contributed by atoms with Crippen LogP contribution in [-0.4, -0.2) is 4.83 Å². The fourth-order valence-corrected chi connectivity index (χ4v) is 0.734. The van der Waals surface area contributed by atoms with Gasteiger partial charge in [-0.3, -0.25) is 0 Å². The minimum absolute atomic E-state index is 0.0625. The summed E-state index contributed by atoms with van der Waals surface area (Å²) < 4.78 is 13.8. The lowest BCUT2D eigenvalue weighted by Crippen LogP contribution is -1.84. The van der Waals surface area contributed by atoms with Gasteiger partial charge >= 0.3 is 0 Å². The van der Waals surface area contributed by atoms with Crippen LogP contribution in [0.4, 0.5) is 0 Å². The molecule has 0 nitrogen and oxygen atoms in total. The average molecular weight is 153 g/mol. The molecule has 0 bridgehead atoms. The number of rotatable bonds is 2. The lowest BCUT2D eigenvalue weighted by Gasteiger charge is -1.93. The number of hydrogen-bond acceptors (Lipinski definition) is 0. The largest absolute Gasteiger partial charge is 0.0894 e. The van der Waals surface area contributed by atoms with E-state index in [1.807, 2.05) is 0 Å². The Labute approximate surface area is 50.9 Å². The van der Waals surface area contributed by atoms with Crippen LogP contribution in [-0.2, 0) is 0 Å². The van der Waals surface area contributed by atoms with E-state index in [-0.39, 0.29) is 4.83 Å². The van der Waals surface area contributed by atoms with Gasteiger partial charge in [0.15, 0.2) is 0 Å². The van der Waals surface area contributed by atoms with Gasteiger partial charge in [0, 0.05) is 7.57 Å². The molecule has 0 aliphatic rings. The Bertz CT molecular complexity index is 56.4. The molecule has 0 aliphatic carbocycles. The van der Waals surface area contributed by atoms with E-state index in [9.17, 15) is 0 Å². The van der Waals surface area contributed by atoms with E-state index in [2.05, 4.69) is 22.9 Å². The van der Waals surface area contributed by atoms with E-state index in [0.717, 1.165) is 12.8 Å². The maximum Gasteiger partial charge on any atom is 0.0242 e. The second-order valence-electron chi connectivity index (χ2n) is 1.30. The standard InChI is InChI=1S/C5H11Br/c1-3-4-5(2)6/h5H,3-4H2,1-2H3/i2D2. The normalized spacial score (nSPS) is 19.8. The Kier molecular flexibility index (Phi) is 2.12. The van der Waals surface area contributed by atoms with Crippen molar-refractivity contribution in [3.8, 4) is 0 Å². The molecule has 0 saturated heterocycles. The quantitative estimate of drug-likeness (QED) is 0.535. The van der Waals surface area contributed by atoms with E-state index < -0.39 is 6.88 Å². The third-order valence-electron chi connectivity index (χ3n) is 0.564. The molecular formula is C5H11Br. The van der Waals surface area contributed by atoms with Gasteiger partial charge in [0.2, 0.25) is 0 Å². The van der Waals surface area contributed by atoms with Gasteiger partial charge in [0.1, 0.15) is 0 Å². The highest BCUT2D eigenvalue weighted by atomic mass is 79.9. The zero-order valence-corrected chi connectivity index (χ0v) is 5.53.